The van der Waals surface area contributed by atoms with E-state index in [1.54, 1.807) is 27.4 Å². The second-order valence-electron chi connectivity index (χ2n) is 7.87. The van der Waals surface area contributed by atoms with Crippen molar-refractivity contribution in [2.24, 2.45) is 5.10 Å². The summed E-state index contributed by atoms with van der Waals surface area (Å²) in [5, 5.41) is 13.4. The summed E-state index contributed by atoms with van der Waals surface area (Å²) >= 11 is 1.27. The Morgan fingerprint density at radius 1 is 0.973 bits per heavy atom. The highest BCUT2D eigenvalue weighted by Gasteiger charge is 2.17. The van der Waals surface area contributed by atoms with E-state index in [0.29, 0.717) is 28.0 Å². The fraction of sp³-hybridized carbons (Fsp3) is 0.185. The zero-order chi connectivity index (χ0) is 26.2. The highest BCUT2D eigenvalue weighted by molar-refractivity contribution is 7.99. The van der Waals surface area contributed by atoms with Crippen LogP contribution in [0.2, 0.25) is 0 Å². The first-order valence-corrected chi connectivity index (χ1v) is 12.3. The number of carbonyl (C=O) groups excluding carboxylic acids is 1. The van der Waals surface area contributed by atoms with Crippen LogP contribution in [0.5, 0.6) is 17.2 Å². The topological polar surface area (TPSA) is 99.9 Å². The first-order chi connectivity index (χ1) is 18.0. The van der Waals surface area contributed by atoms with Crippen LogP contribution in [0.1, 0.15) is 11.1 Å². The smallest absolute Gasteiger partial charge is 0.250 e. The van der Waals surface area contributed by atoms with Gasteiger partial charge in [0.25, 0.3) is 5.91 Å². The molecule has 0 bridgehead atoms. The Morgan fingerprint density at radius 3 is 2.41 bits per heavy atom. The van der Waals surface area contributed by atoms with Crippen molar-refractivity contribution in [2.75, 3.05) is 27.1 Å². The van der Waals surface area contributed by atoms with Crippen molar-refractivity contribution in [3.63, 3.8) is 0 Å². The highest BCUT2D eigenvalue weighted by atomic mass is 32.2. The predicted molar refractivity (Wildman–Crippen MR) is 144 cm³/mol. The van der Waals surface area contributed by atoms with Crippen LogP contribution < -0.4 is 19.6 Å². The van der Waals surface area contributed by atoms with E-state index in [2.05, 4.69) is 20.7 Å². The Labute approximate surface area is 219 Å². The predicted octanol–water partition coefficient (Wildman–Crippen LogP) is 4.51. The molecule has 0 aliphatic rings. The molecule has 4 rings (SSSR count). The molecule has 10 heteroatoms. The van der Waals surface area contributed by atoms with Gasteiger partial charge in [0.05, 0.1) is 33.3 Å². The summed E-state index contributed by atoms with van der Waals surface area (Å²) < 4.78 is 17.9. The van der Waals surface area contributed by atoms with Gasteiger partial charge in [-0.2, -0.15) is 5.10 Å². The molecule has 0 atom stereocenters. The number of benzene rings is 3. The maximum Gasteiger partial charge on any atom is 0.250 e. The van der Waals surface area contributed by atoms with Crippen molar-refractivity contribution in [1.29, 1.82) is 0 Å². The van der Waals surface area contributed by atoms with Gasteiger partial charge in [-0.1, -0.05) is 35.5 Å². The van der Waals surface area contributed by atoms with Gasteiger partial charge in [0.1, 0.15) is 5.75 Å². The molecular weight excluding hydrogens is 490 g/mol. The van der Waals surface area contributed by atoms with Crippen molar-refractivity contribution in [3.8, 4) is 34.3 Å². The Balaban J connectivity index is 1.51. The lowest BCUT2D eigenvalue weighted by Gasteiger charge is -2.11. The van der Waals surface area contributed by atoms with E-state index >= 15 is 0 Å². The Kier molecular flexibility index (Phi) is 8.42. The van der Waals surface area contributed by atoms with Gasteiger partial charge < -0.3 is 14.2 Å². The first-order valence-electron chi connectivity index (χ1n) is 11.4. The lowest BCUT2D eigenvalue weighted by atomic mass is 10.2. The number of thioether (sulfide) groups is 1. The summed E-state index contributed by atoms with van der Waals surface area (Å²) in [7, 11) is 4.74. The van der Waals surface area contributed by atoms with Crippen LogP contribution in [-0.2, 0) is 4.79 Å². The first kappa shape index (κ1) is 25.8. The summed E-state index contributed by atoms with van der Waals surface area (Å²) in [4.78, 5) is 12.6. The van der Waals surface area contributed by atoms with Crippen LogP contribution in [0.4, 0.5) is 0 Å². The fourth-order valence-corrected chi connectivity index (χ4v) is 4.31. The number of aryl methyl sites for hydroxylation is 1. The van der Waals surface area contributed by atoms with Crippen LogP contribution in [0, 0.1) is 6.92 Å². The minimum atomic E-state index is -0.285. The van der Waals surface area contributed by atoms with Crippen LogP contribution in [0.15, 0.2) is 77.0 Å². The van der Waals surface area contributed by atoms with Gasteiger partial charge in [0.2, 0.25) is 0 Å². The maximum atomic E-state index is 12.6. The van der Waals surface area contributed by atoms with Crippen molar-refractivity contribution < 1.29 is 19.0 Å². The number of para-hydroxylation sites is 1. The van der Waals surface area contributed by atoms with Crippen molar-refractivity contribution >= 4 is 23.9 Å². The maximum absolute atomic E-state index is 12.6. The van der Waals surface area contributed by atoms with Gasteiger partial charge in [-0.15, -0.1) is 10.2 Å². The molecule has 37 heavy (non-hydrogen) atoms. The van der Waals surface area contributed by atoms with Crippen LogP contribution in [0.25, 0.3) is 17.1 Å². The lowest BCUT2D eigenvalue weighted by Crippen LogP contribution is -2.20. The number of methoxy groups -OCH3 is 3. The zero-order valence-corrected chi connectivity index (χ0v) is 21.8. The molecule has 0 saturated carbocycles. The van der Waals surface area contributed by atoms with Gasteiger partial charge in [-0.25, -0.2) is 5.43 Å². The molecule has 0 saturated heterocycles. The summed E-state index contributed by atoms with van der Waals surface area (Å²) in [5.41, 5.74) is 6.14. The van der Waals surface area contributed by atoms with Crippen molar-refractivity contribution in [2.45, 2.75) is 12.1 Å². The summed E-state index contributed by atoms with van der Waals surface area (Å²) in [6, 6.07) is 21.1. The number of hydrazone groups is 1. The summed E-state index contributed by atoms with van der Waals surface area (Å²) in [6.45, 7) is 2.03. The fourth-order valence-electron chi connectivity index (χ4n) is 3.57. The minimum absolute atomic E-state index is 0.0964. The van der Waals surface area contributed by atoms with E-state index < -0.39 is 0 Å². The number of nitrogens with zero attached hydrogens (tertiary/aromatic N) is 4. The molecule has 0 spiro atoms. The Bertz CT molecular complexity index is 1390. The van der Waals surface area contributed by atoms with Gasteiger partial charge in [-0.05, 0) is 55.5 Å². The molecule has 1 heterocycles. The molecule has 1 amide bonds. The molecule has 9 nitrogen and oxygen atoms in total. The third-order valence-corrected chi connectivity index (χ3v) is 6.36. The molecule has 0 aliphatic heterocycles. The molecule has 3 aromatic carbocycles. The Morgan fingerprint density at radius 2 is 1.73 bits per heavy atom. The largest absolute Gasteiger partial charge is 0.497 e. The van der Waals surface area contributed by atoms with E-state index in [9.17, 15) is 4.79 Å². The normalized spacial score (nSPS) is 10.9. The lowest BCUT2D eigenvalue weighted by molar-refractivity contribution is -0.118. The van der Waals surface area contributed by atoms with E-state index in [1.807, 2.05) is 72.2 Å². The third-order valence-electron chi connectivity index (χ3n) is 5.43. The summed E-state index contributed by atoms with van der Waals surface area (Å²) in [5.74, 6) is 2.35. The molecule has 1 N–H and O–H groups in total. The summed E-state index contributed by atoms with van der Waals surface area (Å²) in [6.07, 6.45) is 1.51. The van der Waals surface area contributed by atoms with Crippen LogP contribution in [-0.4, -0.2) is 54.0 Å². The second kappa shape index (κ2) is 12.1. The van der Waals surface area contributed by atoms with E-state index in [4.69, 9.17) is 14.2 Å². The molecule has 0 aliphatic carbocycles. The van der Waals surface area contributed by atoms with Crippen molar-refractivity contribution in [1.82, 2.24) is 20.2 Å². The van der Waals surface area contributed by atoms with Gasteiger partial charge in [0.15, 0.2) is 22.5 Å². The van der Waals surface area contributed by atoms with E-state index in [1.165, 1.54) is 18.0 Å². The third kappa shape index (κ3) is 6.10. The average Bonchev–Trinajstić information content (AvgIpc) is 3.36. The molecule has 4 aromatic rings. The monoisotopic (exact) mass is 517 g/mol. The SMILES string of the molecule is COc1ccc(-c2nnc(SCC(=O)N/N=C/c3cccc(OC)c3OC)n2-c2ccc(C)cc2)cc1. The number of nitrogens with one attached hydrogen (secondary N) is 1. The number of ether oxygens (including phenoxy) is 3. The Hall–Kier alpha value is -4.31. The molecule has 190 valence electrons. The van der Waals surface area contributed by atoms with Crippen LogP contribution in [0.3, 0.4) is 0 Å². The van der Waals surface area contributed by atoms with Gasteiger partial charge in [-0.3, -0.25) is 9.36 Å². The average molecular weight is 518 g/mol. The van der Waals surface area contributed by atoms with Gasteiger partial charge >= 0.3 is 0 Å². The number of hydrogen-bond acceptors (Lipinski definition) is 8. The van der Waals surface area contributed by atoms with Gasteiger partial charge in [0, 0.05) is 16.8 Å². The molecule has 0 unspecified atom stereocenters. The molecule has 0 radical (unpaired) electrons. The van der Waals surface area contributed by atoms with E-state index in [-0.39, 0.29) is 11.7 Å². The zero-order valence-electron chi connectivity index (χ0n) is 21.0. The second-order valence-corrected chi connectivity index (χ2v) is 8.81. The number of rotatable bonds is 10. The minimum Gasteiger partial charge on any atom is -0.497 e. The number of hydrogen-bond donors (Lipinski definition) is 1. The quantitative estimate of drug-likeness (QED) is 0.188. The number of aromatic nitrogens is 3. The number of carbonyl (C=O) groups is 1. The molecule has 1 aromatic heterocycles. The number of amides is 1. The van der Waals surface area contributed by atoms with Crippen molar-refractivity contribution in [3.05, 3.63) is 77.9 Å². The van der Waals surface area contributed by atoms with E-state index in [0.717, 1.165) is 22.6 Å². The molecule has 0 fully saturated rings. The molecular formula is C27H27N5O4S. The highest BCUT2D eigenvalue weighted by Crippen LogP contribution is 2.30. The standard InChI is InChI=1S/C27H27N5O4S/c1-18-8-12-21(13-9-18)32-26(19-10-14-22(34-2)15-11-19)30-31-27(32)37-17-24(33)29-28-16-20-6-5-7-23(35-3)25(20)36-4/h5-16H,17H2,1-4H3,(H,29,33)/b28-16+. The van der Waals surface area contributed by atoms with Crippen LogP contribution >= 0.6 is 11.8 Å².